The van der Waals surface area contributed by atoms with Crippen molar-refractivity contribution < 1.29 is 14.2 Å². The monoisotopic (exact) mass is 291 g/mol. The van der Waals surface area contributed by atoms with Crippen molar-refractivity contribution in [3.8, 4) is 17.2 Å². The largest absolute Gasteiger partial charge is 0.496 e. The van der Waals surface area contributed by atoms with Crippen molar-refractivity contribution in [3.05, 3.63) is 35.9 Å². The molecule has 0 aliphatic carbocycles. The average molecular weight is 291 g/mol. The number of benzene rings is 1. The quantitative estimate of drug-likeness (QED) is 0.877. The smallest absolute Gasteiger partial charge is 0.164 e. The van der Waals surface area contributed by atoms with E-state index in [4.69, 9.17) is 19.9 Å². The van der Waals surface area contributed by atoms with Crippen LogP contribution in [0.3, 0.4) is 0 Å². The molecule has 0 aliphatic rings. The first-order valence-electron chi connectivity index (χ1n) is 6.62. The fourth-order valence-corrected chi connectivity index (χ4v) is 2.24. The molecule has 0 amide bonds. The Kier molecular flexibility index (Phi) is 4.70. The molecule has 6 heteroatoms. The standard InChI is InChI=1S/C15H21N3O3/c1-18-6-5-17-15(18)8-11(16)10-7-13(20-3)14(21-4)9-12(10)19-2/h5-7,9,11H,8,16H2,1-4H3. The summed E-state index contributed by atoms with van der Waals surface area (Å²) in [6.45, 7) is 0. The van der Waals surface area contributed by atoms with Gasteiger partial charge < -0.3 is 24.5 Å². The zero-order valence-electron chi connectivity index (χ0n) is 12.8. The number of nitrogens with zero attached hydrogens (tertiary/aromatic N) is 2. The van der Waals surface area contributed by atoms with Gasteiger partial charge in [-0.3, -0.25) is 0 Å². The second-order valence-electron chi connectivity index (χ2n) is 4.71. The number of aromatic nitrogens is 2. The molecule has 6 nitrogen and oxygen atoms in total. The second-order valence-corrected chi connectivity index (χ2v) is 4.71. The minimum atomic E-state index is -0.249. The predicted octanol–water partition coefficient (Wildman–Crippen LogP) is 1.69. The van der Waals surface area contributed by atoms with Gasteiger partial charge >= 0.3 is 0 Å². The predicted molar refractivity (Wildman–Crippen MR) is 79.9 cm³/mol. The van der Waals surface area contributed by atoms with Crippen LogP contribution in [0.4, 0.5) is 0 Å². The minimum Gasteiger partial charge on any atom is -0.496 e. The molecule has 0 saturated heterocycles. The van der Waals surface area contributed by atoms with Crippen LogP contribution in [0.2, 0.25) is 0 Å². The zero-order valence-corrected chi connectivity index (χ0v) is 12.8. The molecule has 2 N–H and O–H groups in total. The molecule has 2 rings (SSSR count). The third-order valence-electron chi connectivity index (χ3n) is 3.46. The van der Waals surface area contributed by atoms with Gasteiger partial charge in [-0.25, -0.2) is 4.98 Å². The molecular weight excluding hydrogens is 270 g/mol. The summed E-state index contributed by atoms with van der Waals surface area (Å²) in [7, 11) is 6.74. The molecule has 1 unspecified atom stereocenters. The fourth-order valence-electron chi connectivity index (χ4n) is 2.24. The fraction of sp³-hybridized carbons (Fsp3) is 0.400. The van der Waals surface area contributed by atoms with Gasteiger partial charge in [0.1, 0.15) is 11.6 Å². The van der Waals surface area contributed by atoms with E-state index in [1.807, 2.05) is 23.9 Å². The summed E-state index contributed by atoms with van der Waals surface area (Å²) in [6.07, 6.45) is 4.26. The van der Waals surface area contributed by atoms with Crippen molar-refractivity contribution in [3.63, 3.8) is 0 Å². The lowest BCUT2D eigenvalue weighted by Gasteiger charge is -2.18. The van der Waals surface area contributed by atoms with Gasteiger partial charge in [0.15, 0.2) is 11.5 Å². The van der Waals surface area contributed by atoms with E-state index in [1.54, 1.807) is 33.6 Å². The highest BCUT2D eigenvalue weighted by molar-refractivity contribution is 5.51. The lowest BCUT2D eigenvalue weighted by Crippen LogP contribution is -2.17. The van der Waals surface area contributed by atoms with Crippen LogP contribution in [0.5, 0.6) is 17.2 Å². The highest BCUT2D eigenvalue weighted by Gasteiger charge is 2.18. The van der Waals surface area contributed by atoms with Gasteiger partial charge in [-0.15, -0.1) is 0 Å². The molecule has 0 spiro atoms. The Morgan fingerprint density at radius 2 is 1.71 bits per heavy atom. The van der Waals surface area contributed by atoms with Crippen LogP contribution in [0.1, 0.15) is 17.4 Å². The normalized spacial score (nSPS) is 12.0. The Labute approximate surface area is 124 Å². The summed E-state index contributed by atoms with van der Waals surface area (Å²) in [5, 5.41) is 0. The van der Waals surface area contributed by atoms with Crippen LogP contribution in [0.15, 0.2) is 24.5 Å². The summed E-state index contributed by atoms with van der Waals surface area (Å²) in [6, 6.07) is 3.39. The molecule has 0 bridgehead atoms. The second kappa shape index (κ2) is 6.49. The number of methoxy groups -OCH3 is 3. The van der Waals surface area contributed by atoms with Gasteiger partial charge in [0.25, 0.3) is 0 Å². The van der Waals surface area contributed by atoms with E-state index >= 15 is 0 Å². The van der Waals surface area contributed by atoms with Crippen molar-refractivity contribution in [2.24, 2.45) is 12.8 Å². The summed E-state index contributed by atoms with van der Waals surface area (Å²) in [5.74, 6) is 2.83. The SMILES string of the molecule is COc1cc(OC)c(C(N)Cc2nccn2C)cc1OC. The number of hydrogen-bond donors (Lipinski definition) is 1. The molecule has 0 saturated carbocycles. The van der Waals surface area contributed by atoms with Gasteiger partial charge in [0.2, 0.25) is 0 Å². The number of hydrogen-bond acceptors (Lipinski definition) is 5. The summed E-state index contributed by atoms with van der Waals surface area (Å²) >= 11 is 0. The van der Waals surface area contributed by atoms with Crippen molar-refractivity contribution >= 4 is 0 Å². The highest BCUT2D eigenvalue weighted by atomic mass is 16.5. The van der Waals surface area contributed by atoms with Crippen LogP contribution in [0, 0.1) is 0 Å². The molecule has 1 aromatic heterocycles. The first-order chi connectivity index (χ1) is 10.1. The highest BCUT2D eigenvalue weighted by Crippen LogP contribution is 2.37. The lowest BCUT2D eigenvalue weighted by atomic mass is 10.0. The first kappa shape index (κ1) is 15.2. The molecule has 21 heavy (non-hydrogen) atoms. The third-order valence-corrected chi connectivity index (χ3v) is 3.46. The molecule has 0 aliphatic heterocycles. The van der Waals surface area contributed by atoms with E-state index in [1.165, 1.54) is 0 Å². The molecule has 1 atom stereocenters. The summed E-state index contributed by atoms with van der Waals surface area (Å²) < 4.78 is 18.0. The van der Waals surface area contributed by atoms with Crippen molar-refractivity contribution in [2.75, 3.05) is 21.3 Å². The van der Waals surface area contributed by atoms with Crippen LogP contribution >= 0.6 is 0 Å². The maximum absolute atomic E-state index is 6.32. The van der Waals surface area contributed by atoms with E-state index < -0.39 is 0 Å². The Balaban J connectivity index is 2.35. The van der Waals surface area contributed by atoms with Crippen molar-refractivity contribution in [1.29, 1.82) is 0 Å². The molecule has 0 radical (unpaired) electrons. The molecular formula is C15H21N3O3. The lowest BCUT2D eigenvalue weighted by molar-refractivity contribution is 0.346. The number of rotatable bonds is 6. The third kappa shape index (κ3) is 3.11. The van der Waals surface area contributed by atoms with Crippen molar-refractivity contribution in [1.82, 2.24) is 9.55 Å². The van der Waals surface area contributed by atoms with E-state index in [9.17, 15) is 0 Å². The summed E-state index contributed by atoms with van der Waals surface area (Å²) in [4.78, 5) is 4.30. The number of nitrogens with two attached hydrogens (primary N) is 1. The van der Waals surface area contributed by atoms with E-state index in [2.05, 4.69) is 4.98 Å². The maximum Gasteiger partial charge on any atom is 0.164 e. The average Bonchev–Trinajstić information content (AvgIpc) is 2.90. The minimum absolute atomic E-state index is 0.249. The number of ether oxygens (including phenoxy) is 3. The van der Waals surface area contributed by atoms with E-state index in [0.29, 0.717) is 23.7 Å². The van der Waals surface area contributed by atoms with Gasteiger partial charge in [-0.05, 0) is 6.07 Å². The molecule has 0 fully saturated rings. The molecule has 114 valence electrons. The van der Waals surface area contributed by atoms with Crippen LogP contribution in [-0.4, -0.2) is 30.9 Å². The number of imidazole rings is 1. The Bertz CT molecular complexity index is 610. The van der Waals surface area contributed by atoms with E-state index in [0.717, 1.165) is 11.4 Å². The Morgan fingerprint density at radius 1 is 1.10 bits per heavy atom. The van der Waals surface area contributed by atoms with Crippen LogP contribution in [-0.2, 0) is 13.5 Å². The Hall–Kier alpha value is -2.21. The molecule has 1 aromatic carbocycles. The zero-order chi connectivity index (χ0) is 15.4. The maximum atomic E-state index is 6.32. The number of aryl methyl sites for hydroxylation is 1. The van der Waals surface area contributed by atoms with Gasteiger partial charge in [0, 0.05) is 43.5 Å². The van der Waals surface area contributed by atoms with Gasteiger partial charge in [-0.2, -0.15) is 0 Å². The van der Waals surface area contributed by atoms with Crippen LogP contribution < -0.4 is 19.9 Å². The molecule has 2 aromatic rings. The molecule has 1 heterocycles. The Morgan fingerprint density at radius 3 is 2.24 bits per heavy atom. The first-order valence-corrected chi connectivity index (χ1v) is 6.62. The van der Waals surface area contributed by atoms with Crippen LogP contribution in [0.25, 0.3) is 0 Å². The van der Waals surface area contributed by atoms with E-state index in [-0.39, 0.29) is 6.04 Å². The topological polar surface area (TPSA) is 71.5 Å². The van der Waals surface area contributed by atoms with Crippen molar-refractivity contribution in [2.45, 2.75) is 12.5 Å². The van der Waals surface area contributed by atoms with Gasteiger partial charge in [0.05, 0.1) is 21.3 Å². The van der Waals surface area contributed by atoms with Gasteiger partial charge in [-0.1, -0.05) is 0 Å². The summed E-state index contributed by atoms with van der Waals surface area (Å²) in [5.41, 5.74) is 7.18.